The molecule has 0 aliphatic heterocycles. The first kappa shape index (κ1) is 10.4. The Bertz CT molecular complexity index is 495. The van der Waals surface area contributed by atoms with E-state index in [0.29, 0.717) is 27.6 Å². The van der Waals surface area contributed by atoms with E-state index < -0.39 is 0 Å². The van der Waals surface area contributed by atoms with Gasteiger partial charge in [-0.25, -0.2) is 19.9 Å². The zero-order valence-electron chi connectivity index (χ0n) is 8.16. The molecule has 2 heterocycles. The van der Waals surface area contributed by atoms with Crippen LogP contribution in [0.1, 0.15) is 0 Å². The normalized spacial score (nSPS) is 10.2. The van der Waals surface area contributed by atoms with Gasteiger partial charge in [-0.2, -0.15) is 0 Å². The van der Waals surface area contributed by atoms with Gasteiger partial charge < -0.3 is 17.2 Å². The number of anilines is 3. The summed E-state index contributed by atoms with van der Waals surface area (Å²) in [5.41, 5.74) is 16.7. The topological polar surface area (TPSA) is 130 Å². The molecule has 2 aromatic rings. The van der Waals surface area contributed by atoms with Gasteiger partial charge in [0.25, 0.3) is 0 Å². The van der Waals surface area contributed by atoms with E-state index in [1.54, 1.807) is 0 Å². The third-order valence-corrected chi connectivity index (χ3v) is 2.50. The summed E-state index contributed by atoms with van der Waals surface area (Å²) >= 11 is 1.16. The second-order valence-electron chi connectivity index (χ2n) is 2.85. The lowest BCUT2D eigenvalue weighted by Gasteiger charge is -2.03. The number of hydrogen-bond acceptors (Lipinski definition) is 8. The summed E-state index contributed by atoms with van der Waals surface area (Å²) in [5, 5.41) is 0.914. The molecule has 82 valence electrons. The molecule has 2 rings (SSSR count). The molecule has 0 bridgehead atoms. The molecule has 0 saturated carbocycles. The van der Waals surface area contributed by atoms with Crippen molar-refractivity contribution in [1.82, 2.24) is 19.9 Å². The monoisotopic (exact) mass is 235 g/mol. The van der Waals surface area contributed by atoms with Crippen LogP contribution < -0.4 is 17.2 Å². The van der Waals surface area contributed by atoms with Gasteiger partial charge in [-0.1, -0.05) is 0 Å². The smallest absolute Gasteiger partial charge is 0.197 e. The van der Waals surface area contributed by atoms with Crippen LogP contribution in [-0.4, -0.2) is 19.9 Å². The largest absolute Gasteiger partial charge is 0.383 e. The van der Waals surface area contributed by atoms with Gasteiger partial charge in [0.15, 0.2) is 11.0 Å². The van der Waals surface area contributed by atoms with Crippen molar-refractivity contribution in [2.45, 2.75) is 10.2 Å². The van der Waals surface area contributed by atoms with Gasteiger partial charge in [0, 0.05) is 18.5 Å². The van der Waals surface area contributed by atoms with Crippen LogP contribution in [-0.2, 0) is 0 Å². The second kappa shape index (κ2) is 4.19. The summed E-state index contributed by atoms with van der Waals surface area (Å²) < 4.78 is 0. The molecule has 0 atom stereocenters. The Morgan fingerprint density at radius 3 is 2.19 bits per heavy atom. The molecule has 0 spiro atoms. The number of aromatic nitrogens is 4. The molecule has 0 aliphatic rings. The van der Waals surface area contributed by atoms with Crippen LogP contribution in [0.5, 0.6) is 0 Å². The molecule has 6 N–H and O–H groups in total. The first-order valence-electron chi connectivity index (χ1n) is 4.29. The summed E-state index contributed by atoms with van der Waals surface area (Å²) in [6, 6.07) is 1.48. The van der Waals surface area contributed by atoms with Crippen molar-refractivity contribution in [2.75, 3.05) is 17.2 Å². The van der Waals surface area contributed by atoms with Crippen molar-refractivity contribution in [1.29, 1.82) is 0 Å². The van der Waals surface area contributed by atoms with Crippen LogP contribution in [0.25, 0.3) is 0 Å². The minimum Gasteiger partial charge on any atom is -0.383 e. The van der Waals surface area contributed by atoms with Gasteiger partial charge in [0.2, 0.25) is 0 Å². The van der Waals surface area contributed by atoms with Crippen molar-refractivity contribution in [3.05, 3.63) is 18.5 Å². The van der Waals surface area contributed by atoms with Crippen molar-refractivity contribution in [3.63, 3.8) is 0 Å². The second-order valence-corrected chi connectivity index (χ2v) is 3.81. The fourth-order valence-electron chi connectivity index (χ4n) is 1.01. The maximum Gasteiger partial charge on any atom is 0.197 e. The van der Waals surface area contributed by atoms with Gasteiger partial charge in [0.1, 0.15) is 16.7 Å². The number of hydrogen-bond donors (Lipinski definition) is 3. The Morgan fingerprint density at radius 1 is 0.938 bits per heavy atom. The summed E-state index contributed by atoms with van der Waals surface area (Å²) in [6.07, 6.45) is 3.04. The minimum absolute atomic E-state index is 0.303. The third kappa shape index (κ3) is 2.28. The molecule has 0 amide bonds. The SMILES string of the molecule is Nc1cc(N)nc(Sc2nccnc2N)n1. The van der Waals surface area contributed by atoms with E-state index in [9.17, 15) is 0 Å². The number of nitrogens with zero attached hydrogens (tertiary/aromatic N) is 4. The van der Waals surface area contributed by atoms with Gasteiger partial charge in [0.05, 0.1) is 0 Å². The summed E-state index contributed by atoms with van der Waals surface area (Å²) in [4.78, 5) is 15.9. The molecular formula is C8H9N7S. The fraction of sp³-hybridized carbons (Fsp3) is 0. The van der Waals surface area contributed by atoms with Crippen molar-refractivity contribution in [2.24, 2.45) is 0 Å². The number of nitrogens with two attached hydrogens (primary N) is 3. The zero-order valence-corrected chi connectivity index (χ0v) is 8.98. The molecule has 0 aliphatic carbocycles. The number of nitrogen functional groups attached to an aromatic ring is 3. The molecule has 0 fully saturated rings. The van der Waals surface area contributed by atoms with Gasteiger partial charge in [-0.15, -0.1) is 0 Å². The van der Waals surface area contributed by atoms with Crippen molar-refractivity contribution >= 4 is 29.2 Å². The molecule has 0 radical (unpaired) electrons. The molecule has 8 heteroatoms. The highest BCUT2D eigenvalue weighted by molar-refractivity contribution is 7.99. The van der Waals surface area contributed by atoms with Crippen LogP contribution in [0.4, 0.5) is 17.5 Å². The molecule has 0 aromatic carbocycles. The summed E-state index contributed by atoms with van der Waals surface area (Å²) in [5.74, 6) is 0.923. The van der Waals surface area contributed by atoms with Crippen LogP contribution in [0.3, 0.4) is 0 Å². The van der Waals surface area contributed by atoms with E-state index in [4.69, 9.17) is 17.2 Å². The van der Waals surface area contributed by atoms with Gasteiger partial charge >= 0.3 is 0 Å². The molecular weight excluding hydrogens is 226 g/mol. The minimum atomic E-state index is 0.303. The Labute approximate surface area is 95.5 Å². The zero-order chi connectivity index (χ0) is 11.5. The van der Waals surface area contributed by atoms with Crippen molar-refractivity contribution < 1.29 is 0 Å². The predicted octanol–water partition coefficient (Wildman–Crippen LogP) is 0.164. The maximum absolute atomic E-state index is 5.63. The Hall–Kier alpha value is -2.09. The Balaban J connectivity index is 2.30. The molecule has 0 unspecified atom stereocenters. The van der Waals surface area contributed by atoms with Crippen molar-refractivity contribution in [3.8, 4) is 0 Å². The van der Waals surface area contributed by atoms with E-state index in [1.807, 2.05) is 0 Å². The lowest BCUT2D eigenvalue weighted by atomic mass is 10.5. The van der Waals surface area contributed by atoms with Crippen LogP contribution >= 0.6 is 11.8 Å². The average Bonchev–Trinajstić information content (AvgIpc) is 2.20. The van der Waals surface area contributed by atoms with E-state index in [0.717, 1.165) is 11.8 Å². The Morgan fingerprint density at radius 2 is 1.56 bits per heavy atom. The first-order valence-corrected chi connectivity index (χ1v) is 5.11. The van der Waals surface area contributed by atoms with Crippen LogP contribution in [0.15, 0.2) is 28.6 Å². The van der Waals surface area contributed by atoms with E-state index in [1.165, 1.54) is 18.5 Å². The summed E-state index contributed by atoms with van der Waals surface area (Å²) in [7, 11) is 0. The average molecular weight is 235 g/mol. The standard InChI is InChI=1S/C8H9N7S/c9-4-3-5(10)15-8(14-4)16-7-6(11)12-1-2-13-7/h1-3H,(H2,11,12)(H4,9,10,14,15). The van der Waals surface area contributed by atoms with E-state index in [-0.39, 0.29) is 0 Å². The highest BCUT2D eigenvalue weighted by Crippen LogP contribution is 2.26. The van der Waals surface area contributed by atoms with E-state index in [2.05, 4.69) is 19.9 Å². The highest BCUT2D eigenvalue weighted by Gasteiger charge is 2.07. The third-order valence-electron chi connectivity index (χ3n) is 1.62. The molecule has 0 saturated heterocycles. The Kier molecular flexibility index (Phi) is 2.73. The maximum atomic E-state index is 5.63. The van der Waals surface area contributed by atoms with Gasteiger partial charge in [-0.3, -0.25) is 0 Å². The molecule has 2 aromatic heterocycles. The quantitative estimate of drug-likeness (QED) is 0.628. The first-order chi connectivity index (χ1) is 7.65. The van der Waals surface area contributed by atoms with E-state index >= 15 is 0 Å². The fourth-order valence-corrected chi connectivity index (χ4v) is 1.75. The predicted molar refractivity (Wildman–Crippen MR) is 61.4 cm³/mol. The lowest BCUT2D eigenvalue weighted by molar-refractivity contribution is 0.972. The molecule has 16 heavy (non-hydrogen) atoms. The lowest BCUT2D eigenvalue weighted by Crippen LogP contribution is -2.00. The van der Waals surface area contributed by atoms with Crippen LogP contribution in [0.2, 0.25) is 0 Å². The number of rotatable bonds is 2. The highest BCUT2D eigenvalue weighted by atomic mass is 32.2. The van der Waals surface area contributed by atoms with Crippen LogP contribution in [0, 0.1) is 0 Å². The van der Waals surface area contributed by atoms with Gasteiger partial charge in [-0.05, 0) is 11.8 Å². The molecule has 7 nitrogen and oxygen atoms in total. The summed E-state index contributed by atoms with van der Waals surface area (Å²) in [6.45, 7) is 0.